The van der Waals surface area contributed by atoms with Gasteiger partial charge >= 0.3 is 0 Å². The Morgan fingerprint density at radius 2 is 0.412 bits per heavy atom. The standard InChI is InChI=1S/C78H56N2/c1-7-19-61(20-8-1)63-41-49-71(50-42-63)79(67-27-15-5-16-28-67)69-45-35-57(36-46-69)31-33-59-39-53-73-75(55-59)76-56-60(40-54-74(76)78(66-25-13-4-14-26-66)77(73)65-23-11-3-12-24-65)34-32-58-37-47-70(48-38-58)80(68-29-17-6-18-30-68)72-51-43-64(44-52-72)62-21-9-2-10-22-62/h1-56H/b33-31+,34-32+. The summed E-state index contributed by atoms with van der Waals surface area (Å²) < 4.78 is 0. The van der Waals surface area contributed by atoms with Gasteiger partial charge in [0.2, 0.25) is 0 Å². The van der Waals surface area contributed by atoms with E-state index >= 15 is 0 Å². The SMILES string of the molecule is C(=C\c1ccc2c(-c3ccccc3)c(-c3ccccc3)c3ccc(/C=C/c4ccc(N(c5ccccc5)c5ccc(-c6ccccc6)cc5)cc4)cc3c2c1)/c1ccc(N(c2ccccc2)c2ccc(-c3ccccc3)cc2)cc1. The molecule has 2 nitrogen and oxygen atoms in total. The molecule has 0 radical (unpaired) electrons. The van der Waals surface area contributed by atoms with Gasteiger partial charge in [0.15, 0.2) is 0 Å². The van der Waals surface area contributed by atoms with Crippen LogP contribution in [-0.4, -0.2) is 0 Å². The number of benzene rings is 13. The summed E-state index contributed by atoms with van der Waals surface area (Å²) >= 11 is 0. The second kappa shape index (κ2) is 22.6. The number of anilines is 6. The molecule has 0 saturated carbocycles. The minimum Gasteiger partial charge on any atom is -0.311 e. The number of para-hydroxylation sites is 2. The Hall–Kier alpha value is -10.5. The molecule has 0 spiro atoms. The van der Waals surface area contributed by atoms with E-state index in [1.165, 1.54) is 66.1 Å². The van der Waals surface area contributed by atoms with Crippen molar-refractivity contribution in [1.82, 2.24) is 0 Å². The van der Waals surface area contributed by atoms with E-state index in [9.17, 15) is 0 Å². The van der Waals surface area contributed by atoms with Crippen molar-refractivity contribution in [3.8, 4) is 44.5 Å². The monoisotopic (exact) mass is 1020 g/mol. The van der Waals surface area contributed by atoms with Crippen LogP contribution in [0.1, 0.15) is 22.3 Å². The van der Waals surface area contributed by atoms with Crippen LogP contribution in [0.4, 0.5) is 34.1 Å². The van der Waals surface area contributed by atoms with Crippen molar-refractivity contribution in [3.05, 3.63) is 338 Å². The molecule has 0 fully saturated rings. The van der Waals surface area contributed by atoms with Crippen LogP contribution < -0.4 is 9.80 Å². The molecule has 0 bridgehead atoms. The molecular formula is C78H56N2. The molecule has 0 amide bonds. The van der Waals surface area contributed by atoms with E-state index in [-0.39, 0.29) is 0 Å². The quantitative estimate of drug-likeness (QED) is 0.0791. The molecule has 0 unspecified atom stereocenters. The van der Waals surface area contributed by atoms with Crippen molar-refractivity contribution in [2.75, 3.05) is 9.80 Å². The topological polar surface area (TPSA) is 6.48 Å². The van der Waals surface area contributed by atoms with Crippen LogP contribution in [0.3, 0.4) is 0 Å². The molecule has 0 aliphatic rings. The average Bonchev–Trinajstić information content (AvgIpc) is 3.57. The summed E-state index contributed by atoms with van der Waals surface area (Å²) in [5.74, 6) is 0. The first-order valence-electron chi connectivity index (χ1n) is 27.4. The van der Waals surface area contributed by atoms with E-state index in [1.807, 2.05) is 0 Å². The van der Waals surface area contributed by atoms with Gasteiger partial charge in [0, 0.05) is 34.1 Å². The van der Waals surface area contributed by atoms with Gasteiger partial charge in [-0.1, -0.05) is 255 Å². The molecule has 0 aliphatic carbocycles. The summed E-state index contributed by atoms with van der Waals surface area (Å²) in [5.41, 5.74) is 20.8. The van der Waals surface area contributed by atoms with Crippen molar-refractivity contribution in [2.24, 2.45) is 0 Å². The van der Waals surface area contributed by atoms with E-state index in [2.05, 4.69) is 350 Å². The lowest BCUT2D eigenvalue weighted by atomic mass is 9.84. The molecule has 0 aliphatic heterocycles. The molecule has 378 valence electrons. The normalized spacial score (nSPS) is 11.4. The molecule has 0 atom stereocenters. The van der Waals surface area contributed by atoms with Crippen LogP contribution >= 0.6 is 0 Å². The first-order chi connectivity index (χ1) is 39.7. The Bertz CT molecular complexity index is 3970. The summed E-state index contributed by atoms with van der Waals surface area (Å²) in [5, 5.41) is 4.86. The van der Waals surface area contributed by atoms with Gasteiger partial charge in [-0.05, 0) is 173 Å². The molecule has 0 aromatic heterocycles. The summed E-state index contributed by atoms with van der Waals surface area (Å²) in [6.45, 7) is 0. The van der Waals surface area contributed by atoms with Gasteiger partial charge in [-0.3, -0.25) is 0 Å². The van der Waals surface area contributed by atoms with Gasteiger partial charge in [-0.2, -0.15) is 0 Å². The lowest BCUT2D eigenvalue weighted by Crippen LogP contribution is -2.09. The zero-order valence-electron chi connectivity index (χ0n) is 44.2. The maximum Gasteiger partial charge on any atom is 0.0462 e. The van der Waals surface area contributed by atoms with Crippen LogP contribution in [0, 0.1) is 0 Å². The summed E-state index contributed by atoms with van der Waals surface area (Å²) in [6.07, 6.45) is 8.95. The second-order valence-electron chi connectivity index (χ2n) is 20.1. The highest BCUT2D eigenvalue weighted by Crippen LogP contribution is 2.46. The van der Waals surface area contributed by atoms with E-state index < -0.39 is 0 Å². The number of hydrogen-bond donors (Lipinski definition) is 0. The lowest BCUT2D eigenvalue weighted by molar-refractivity contribution is 1.28. The predicted octanol–water partition coefficient (Wildman–Crippen LogP) is 21.9. The molecule has 80 heavy (non-hydrogen) atoms. The lowest BCUT2D eigenvalue weighted by Gasteiger charge is -2.25. The van der Waals surface area contributed by atoms with E-state index in [1.54, 1.807) is 0 Å². The number of fused-ring (bicyclic) bond motifs is 3. The van der Waals surface area contributed by atoms with E-state index in [4.69, 9.17) is 0 Å². The van der Waals surface area contributed by atoms with Crippen LogP contribution in [-0.2, 0) is 0 Å². The van der Waals surface area contributed by atoms with Crippen LogP contribution in [0.5, 0.6) is 0 Å². The highest BCUT2D eigenvalue weighted by atomic mass is 15.1. The zero-order valence-corrected chi connectivity index (χ0v) is 44.2. The molecular weight excluding hydrogens is 965 g/mol. The third kappa shape index (κ3) is 10.4. The van der Waals surface area contributed by atoms with Gasteiger partial charge in [-0.25, -0.2) is 0 Å². The summed E-state index contributed by atoms with van der Waals surface area (Å²) in [4.78, 5) is 4.63. The maximum atomic E-state index is 2.37. The number of rotatable bonds is 14. The summed E-state index contributed by atoms with van der Waals surface area (Å²) in [6, 6.07) is 113. The Morgan fingerprint density at radius 3 is 0.738 bits per heavy atom. The molecule has 2 heteroatoms. The van der Waals surface area contributed by atoms with E-state index in [0.29, 0.717) is 0 Å². The largest absolute Gasteiger partial charge is 0.311 e. The van der Waals surface area contributed by atoms with E-state index in [0.717, 1.165) is 56.4 Å². The fourth-order valence-corrected chi connectivity index (χ4v) is 11.1. The third-order valence-electron chi connectivity index (χ3n) is 15.0. The second-order valence-corrected chi connectivity index (χ2v) is 20.1. The Kier molecular flexibility index (Phi) is 13.8. The Balaban J connectivity index is 0.840. The average molecular weight is 1020 g/mol. The first kappa shape index (κ1) is 49.1. The fraction of sp³-hybridized carbons (Fsp3) is 0. The highest BCUT2D eigenvalue weighted by Gasteiger charge is 2.19. The van der Waals surface area contributed by atoms with Gasteiger partial charge in [0.05, 0.1) is 0 Å². The van der Waals surface area contributed by atoms with Crippen LogP contribution in [0.15, 0.2) is 315 Å². The zero-order chi connectivity index (χ0) is 53.5. The fourth-order valence-electron chi connectivity index (χ4n) is 11.1. The molecule has 13 aromatic rings. The van der Waals surface area contributed by atoms with Gasteiger partial charge in [0.1, 0.15) is 0 Å². The van der Waals surface area contributed by atoms with Crippen LogP contribution in [0.2, 0.25) is 0 Å². The molecule has 13 rings (SSSR count). The smallest absolute Gasteiger partial charge is 0.0462 e. The Morgan fingerprint density at radius 1 is 0.175 bits per heavy atom. The Labute approximate surface area is 469 Å². The maximum absolute atomic E-state index is 2.37. The van der Waals surface area contributed by atoms with Crippen molar-refractivity contribution in [1.29, 1.82) is 0 Å². The molecule has 13 aromatic carbocycles. The molecule has 0 N–H and O–H groups in total. The summed E-state index contributed by atoms with van der Waals surface area (Å²) in [7, 11) is 0. The minimum absolute atomic E-state index is 1.10. The highest BCUT2D eigenvalue weighted by molar-refractivity contribution is 6.22. The van der Waals surface area contributed by atoms with Crippen molar-refractivity contribution < 1.29 is 0 Å². The first-order valence-corrected chi connectivity index (χ1v) is 27.4. The number of nitrogens with zero attached hydrogens (tertiary/aromatic N) is 2. The van der Waals surface area contributed by atoms with Gasteiger partial charge < -0.3 is 9.80 Å². The van der Waals surface area contributed by atoms with Crippen molar-refractivity contribution in [2.45, 2.75) is 0 Å². The molecule has 0 saturated heterocycles. The number of hydrogen-bond acceptors (Lipinski definition) is 2. The van der Waals surface area contributed by atoms with Crippen molar-refractivity contribution in [3.63, 3.8) is 0 Å². The van der Waals surface area contributed by atoms with Crippen LogP contribution in [0.25, 0.3) is 90.4 Å². The van der Waals surface area contributed by atoms with Gasteiger partial charge in [0.25, 0.3) is 0 Å². The third-order valence-corrected chi connectivity index (χ3v) is 15.0. The minimum atomic E-state index is 1.10. The molecule has 0 heterocycles. The van der Waals surface area contributed by atoms with Gasteiger partial charge in [-0.15, -0.1) is 0 Å². The van der Waals surface area contributed by atoms with Crippen molar-refractivity contribution >= 4 is 80.0 Å². The predicted molar refractivity (Wildman–Crippen MR) is 343 cm³/mol.